The highest BCUT2D eigenvalue weighted by Gasteiger charge is 2.44. The summed E-state index contributed by atoms with van der Waals surface area (Å²) in [5.74, 6) is -0.236. The third-order valence-electron chi connectivity index (χ3n) is 9.68. The number of carbonyl (C=O) groups is 1. The summed E-state index contributed by atoms with van der Waals surface area (Å²) in [5, 5.41) is 54.0. The number of rotatable bonds is 34. The van der Waals surface area contributed by atoms with Crippen LogP contribution < -0.4 is 5.32 Å². The molecule has 0 aromatic carbocycles. The zero-order valence-electron chi connectivity index (χ0n) is 34.8. The smallest absolute Gasteiger partial charge is 0.220 e. The van der Waals surface area contributed by atoms with Gasteiger partial charge in [0.05, 0.1) is 25.4 Å². The Kier molecular flexibility index (Phi) is 33.7. The van der Waals surface area contributed by atoms with Crippen molar-refractivity contribution in [2.45, 2.75) is 192 Å². The van der Waals surface area contributed by atoms with E-state index >= 15 is 0 Å². The Labute approximate surface area is 340 Å². The number of nitrogens with one attached hydrogen (secondary N) is 1. The normalized spacial score (nSPS) is 22.0. The number of hydrogen-bond acceptors (Lipinski definition) is 8. The Hall–Kier alpha value is -2.63. The van der Waals surface area contributed by atoms with Crippen LogP contribution in [0, 0.1) is 0 Å². The highest BCUT2D eigenvalue weighted by Crippen LogP contribution is 2.22. The molecule has 9 heteroatoms. The van der Waals surface area contributed by atoms with Crippen molar-refractivity contribution in [3.63, 3.8) is 0 Å². The second-order valence-corrected chi connectivity index (χ2v) is 14.7. The van der Waals surface area contributed by atoms with Gasteiger partial charge in [-0.05, 0) is 83.5 Å². The average Bonchev–Trinajstić information content (AvgIpc) is 3.20. The van der Waals surface area contributed by atoms with Gasteiger partial charge in [0.15, 0.2) is 6.29 Å². The van der Waals surface area contributed by atoms with Crippen molar-refractivity contribution in [2.24, 2.45) is 0 Å². The fourth-order valence-electron chi connectivity index (χ4n) is 6.18. The largest absolute Gasteiger partial charge is 0.394 e. The van der Waals surface area contributed by atoms with E-state index in [2.05, 4.69) is 92.1 Å². The fraction of sp³-hybridized carbons (Fsp3) is 0.681. The number of aliphatic hydroxyl groups is 5. The van der Waals surface area contributed by atoms with Gasteiger partial charge in [-0.3, -0.25) is 4.79 Å². The van der Waals surface area contributed by atoms with E-state index in [4.69, 9.17) is 9.47 Å². The number of ether oxygens (including phenoxy) is 2. The number of unbranched alkanes of at least 4 members (excludes halogenated alkanes) is 12. The van der Waals surface area contributed by atoms with Gasteiger partial charge in [-0.25, -0.2) is 0 Å². The summed E-state index contributed by atoms with van der Waals surface area (Å²) in [6.07, 6.45) is 43.4. The third-order valence-corrected chi connectivity index (χ3v) is 9.68. The molecule has 0 aromatic heterocycles. The van der Waals surface area contributed by atoms with E-state index in [1.807, 2.05) is 6.08 Å². The van der Waals surface area contributed by atoms with Gasteiger partial charge in [-0.1, -0.05) is 144 Å². The first-order valence-electron chi connectivity index (χ1n) is 21.8. The lowest BCUT2D eigenvalue weighted by Gasteiger charge is -2.40. The highest BCUT2D eigenvalue weighted by molar-refractivity contribution is 5.76. The molecule has 1 aliphatic rings. The Morgan fingerprint density at radius 3 is 1.71 bits per heavy atom. The SMILES string of the molecule is CC/C=C\C/C=C\C/C=C\C/C=C\CCCCC(=O)NC(COC1OC(CO)C(O)C(O)C1O)C(O)/C=C/CC/C=C/CC/C=C/CCCCCCCCCC. The molecule has 7 atom stereocenters. The van der Waals surface area contributed by atoms with E-state index in [1.54, 1.807) is 6.08 Å². The third kappa shape index (κ3) is 27.1. The molecule has 0 aliphatic carbocycles. The van der Waals surface area contributed by atoms with Crippen LogP contribution in [0.25, 0.3) is 0 Å². The first-order valence-corrected chi connectivity index (χ1v) is 21.8. The first kappa shape index (κ1) is 51.4. The van der Waals surface area contributed by atoms with Gasteiger partial charge in [-0.15, -0.1) is 0 Å². The minimum absolute atomic E-state index is 0.228. The average molecular weight is 786 g/mol. The van der Waals surface area contributed by atoms with Crippen LogP contribution in [-0.4, -0.2) is 87.5 Å². The molecular formula is C47H79NO8. The van der Waals surface area contributed by atoms with Gasteiger partial charge in [0.1, 0.15) is 24.4 Å². The Bertz CT molecular complexity index is 1140. The van der Waals surface area contributed by atoms with Crippen molar-refractivity contribution in [2.75, 3.05) is 13.2 Å². The molecule has 0 aromatic rings. The Morgan fingerprint density at radius 1 is 0.625 bits per heavy atom. The first-order chi connectivity index (χ1) is 27.3. The molecule has 320 valence electrons. The molecule has 6 N–H and O–H groups in total. The zero-order chi connectivity index (χ0) is 40.9. The van der Waals surface area contributed by atoms with Gasteiger partial charge in [0.25, 0.3) is 0 Å². The van der Waals surface area contributed by atoms with Crippen molar-refractivity contribution in [1.82, 2.24) is 5.32 Å². The van der Waals surface area contributed by atoms with E-state index in [0.717, 1.165) is 64.2 Å². The van der Waals surface area contributed by atoms with Crippen molar-refractivity contribution in [3.8, 4) is 0 Å². The van der Waals surface area contributed by atoms with Crippen LogP contribution >= 0.6 is 0 Å². The molecule has 1 fully saturated rings. The van der Waals surface area contributed by atoms with Crippen LogP contribution in [-0.2, 0) is 14.3 Å². The van der Waals surface area contributed by atoms with Crippen LogP contribution in [0.15, 0.2) is 85.1 Å². The number of allylic oxidation sites excluding steroid dienone is 13. The topological polar surface area (TPSA) is 149 Å². The summed E-state index contributed by atoms with van der Waals surface area (Å²) in [6, 6.07) is -0.853. The summed E-state index contributed by atoms with van der Waals surface area (Å²) >= 11 is 0. The maximum Gasteiger partial charge on any atom is 0.220 e. The predicted octanol–water partition coefficient (Wildman–Crippen LogP) is 8.77. The lowest BCUT2D eigenvalue weighted by molar-refractivity contribution is -0.302. The van der Waals surface area contributed by atoms with Gasteiger partial charge < -0.3 is 40.3 Å². The summed E-state index contributed by atoms with van der Waals surface area (Å²) < 4.78 is 11.2. The van der Waals surface area contributed by atoms with Gasteiger partial charge in [-0.2, -0.15) is 0 Å². The van der Waals surface area contributed by atoms with E-state index < -0.39 is 49.5 Å². The standard InChI is InChI=1S/C47H79NO8/c1-3-5-7-9-11-13-15-17-19-20-21-23-24-26-28-30-32-34-36-41(50)40(39-55-47-46(54)45(53)44(52)42(38-49)56-47)48-43(51)37-35-33-31-29-27-25-22-18-16-14-12-10-8-6-4-2/h6,8,12,14,18,20-22,26-29,34,36,40-42,44-47,49-50,52-54H,3-5,7,9-11,13,15-17,19,23-25,30-33,35,37-39H2,1-2H3,(H,48,51)/b8-6-,14-12-,21-20+,22-18-,28-26+,29-27-,36-34+. The molecular weight excluding hydrogens is 707 g/mol. The molecule has 56 heavy (non-hydrogen) atoms. The van der Waals surface area contributed by atoms with Crippen LogP contribution in [0.1, 0.15) is 149 Å². The van der Waals surface area contributed by atoms with Crippen molar-refractivity contribution < 1.29 is 39.8 Å². The van der Waals surface area contributed by atoms with Gasteiger partial charge >= 0.3 is 0 Å². The van der Waals surface area contributed by atoms with Crippen molar-refractivity contribution in [1.29, 1.82) is 0 Å². The van der Waals surface area contributed by atoms with Crippen molar-refractivity contribution >= 4 is 5.91 Å². The molecule has 7 unspecified atom stereocenters. The second-order valence-electron chi connectivity index (χ2n) is 14.7. The molecule has 0 spiro atoms. The van der Waals surface area contributed by atoms with Crippen LogP contribution in [0.5, 0.6) is 0 Å². The highest BCUT2D eigenvalue weighted by atomic mass is 16.7. The summed E-state index contributed by atoms with van der Waals surface area (Å²) in [7, 11) is 0. The Balaban J connectivity index is 2.48. The number of aliphatic hydroxyl groups excluding tert-OH is 5. The van der Waals surface area contributed by atoms with Gasteiger partial charge in [0.2, 0.25) is 5.91 Å². The van der Waals surface area contributed by atoms with E-state index in [-0.39, 0.29) is 18.9 Å². The summed E-state index contributed by atoms with van der Waals surface area (Å²) in [6.45, 7) is 3.58. The van der Waals surface area contributed by atoms with E-state index in [9.17, 15) is 30.3 Å². The molecule has 0 radical (unpaired) electrons. The lowest BCUT2D eigenvalue weighted by Crippen LogP contribution is -2.60. The van der Waals surface area contributed by atoms with Crippen LogP contribution in [0.3, 0.4) is 0 Å². The van der Waals surface area contributed by atoms with Crippen LogP contribution in [0.2, 0.25) is 0 Å². The minimum atomic E-state index is -1.59. The fourth-order valence-corrected chi connectivity index (χ4v) is 6.18. The maximum atomic E-state index is 12.9. The molecule has 1 aliphatic heterocycles. The monoisotopic (exact) mass is 786 g/mol. The number of hydrogen-bond donors (Lipinski definition) is 6. The van der Waals surface area contributed by atoms with E-state index in [0.29, 0.717) is 12.8 Å². The predicted molar refractivity (Wildman–Crippen MR) is 230 cm³/mol. The molecule has 9 nitrogen and oxygen atoms in total. The zero-order valence-corrected chi connectivity index (χ0v) is 34.8. The van der Waals surface area contributed by atoms with E-state index in [1.165, 1.54) is 51.4 Å². The van der Waals surface area contributed by atoms with Crippen LogP contribution in [0.4, 0.5) is 0 Å². The molecule has 1 rings (SSSR count). The second kappa shape index (κ2) is 36.7. The number of amides is 1. The molecule has 1 heterocycles. The number of carbonyl (C=O) groups excluding carboxylic acids is 1. The molecule has 0 bridgehead atoms. The van der Waals surface area contributed by atoms with Crippen molar-refractivity contribution in [3.05, 3.63) is 85.1 Å². The quantitative estimate of drug-likeness (QED) is 0.0280. The summed E-state index contributed by atoms with van der Waals surface area (Å²) in [4.78, 5) is 12.9. The lowest BCUT2D eigenvalue weighted by atomic mass is 9.99. The summed E-state index contributed by atoms with van der Waals surface area (Å²) in [5.41, 5.74) is 0. The Morgan fingerprint density at radius 2 is 1.12 bits per heavy atom. The maximum absolute atomic E-state index is 12.9. The minimum Gasteiger partial charge on any atom is -0.394 e. The molecule has 1 saturated heterocycles. The van der Waals surface area contributed by atoms with Gasteiger partial charge in [0, 0.05) is 6.42 Å². The molecule has 1 amide bonds. The molecule has 0 saturated carbocycles.